The molecule has 0 aromatic heterocycles. The summed E-state index contributed by atoms with van der Waals surface area (Å²) in [7, 11) is 0. The molecule has 88 valence electrons. The molecule has 0 bridgehead atoms. The first kappa shape index (κ1) is 12.5. The third kappa shape index (κ3) is 5.36. The monoisotopic (exact) mass is 222 g/mol. The van der Waals surface area contributed by atoms with E-state index < -0.39 is 0 Å². The van der Waals surface area contributed by atoms with Crippen LogP contribution in [0.2, 0.25) is 0 Å². The third-order valence-corrected chi connectivity index (χ3v) is 2.14. The van der Waals surface area contributed by atoms with Gasteiger partial charge in [0.15, 0.2) is 0 Å². The lowest BCUT2D eigenvalue weighted by atomic mass is 10.2. The number of phenolic OH excluding ortho intramolecular Hbond substituents is 1. The quantitative estimate of drug-likeness (QED) is 0.629. The first-order valence-corrected chi connectivity index (χ1v) is 5.41. The van der Waals surface area contributed by atoms with Crippen molar-refractivity contribution in [2.75, 3.05) is 13.1 Å². The molecule has 1 rings (SSSR count). The lowest BCUT2D eigenvalue weighted by Crippen LogP contribution is -2.24. The highest BCUT2D eigenvalue weighted by molar-refractivity contribution is 5.72. The first-order valence-electron chi connectivity index (χ1n) is 5.41. The van der Waals surface area contributed by atoms with Crippen molar-refractivity contribution in [3.63, 3.8) is 0 Å². The van der Waals surface area contributed by atoms with Crippen molar-refractivity contribution in [2.45, 2.75) is 19.9 Å². The molecular formula is C12H18N2O2. The highest BCUT2D eigenvalue weighted by Gasteiger charge is 1.94. The van der Waals surface area contributed by atoms with Gasteiger partial charge in [0.25, 0.3) is 0 Å². The Morgan fingerprint density at radius 2 is 2.19 bits per heavy atom. The molecule has 0 heterocycles. The van der Waals surface area contributed by atoms with Crippen molar-refractivity contribution >= 4 is 5.91 Å². The van der Waals surface area contributed by atoms with Gasteiger partial charge in [-0.1, -0.05) is 12.1 Å². The summed E-state index contributed by atoms with van der Waals surface area (Å²) in [5.74, 6) is 0.297. The number of carbonyl (C=O) groups excluding carboxylic acids is 1. The average molecular weight is 222 g/mol. The standard InChI is InChI=1S/C12H18N2O2/c1-10(15)14-7-3-6-13-9-11-4-2-5-12(16)8-11/h2,4-5,8,13,16H,3,6-7,9H2,1H3,(H,14,15). The minimum atomic E-state index is 0.00739. The van der Waals surface area contributed by atoms with Crippen molar-refractivity contribution in [3.05, 3.63) is 29.8 Å². The Bertz CT molecular complexity index is 340. The van der Waals surface area contributed by atoms with Crippen LogP contribution in [0, 0.1) is 0 Å². The third-order valence-electron chi connectivity index (χ3n) is 2.14. The Morgan fingerprint density at radius 1 is 1.38 bits per heavy atom. The second-order valence-corrected chi connectivity index (χ2v) is 3.68. The maximum atomic E-state index is 10.6. The van der Waals surface area contributed by atoms with Crippen LogP contribution in [0.15, 0.2) is 24.3 Å². The van der Waals surface area contributed by atoms with Crippen LogP contribution < -0.4 is 10.6 Å². The van der Waals surface area contributed by atoms with Crippen molar-refractivity contribution < 1.29 is 9.90 Å². The molecule has 0 spiro atoms. The summed E-state index contributed by atoms with van der Waals surface area (Å²) in [6.07, 6.45) is 0.901. The highest BCUT2D eigenvalue weighted by atomic mass is 16.3. The number of rotatable bonds is 6. The van der Waals surface area contributed by atoms with E-state index in [1.165, 1.54) is 6.92 Å². The maximum Gasteiger partial charge on any atom is 0.216 e. The maximum absolute atomic E-state index is 10.6. The van der Waals surface area contributed by atoms with E-state index in [0.717, 1.165) is 25.1 Å². The fraction of sp³-hybridized carbons (Fsp3) is 0.417. The van der Waals surface area contributed by atoms with Crippen LogP contribution in [0.3, 0.4) is 0 Å². The molecular weight excluding hydrogens is 204 g/mol. The smallest absolute Gasteiger partial charge is 0.216 e. The largest absolute Gasteiger partial charge is 0.508 e. The van der Waals surface area contributed by atoms with Gasteiger partial charge in [0, 0.05) is 20.0 Å². The van der Waals surface area contributed by atoms with Crippen LogP contribution in [0.4, 0.5) is 0 Å². The van der Waals surface area contributed by atoms with E-state index in [-0.39, 0.29) is 11.7 Å². The molecule has 16 heavy (non-hydrogen) atoms. The number of amides is 1. The molecule has 1 amide bonds. The summed E-state index contributed by atoms with van der Waals surface area (Å²) in [5.41, 5.74) is 1.06. The van der Waals surface area contributed by atoms with Crippen LogP contribution in [-0.2, 0) is 11.3 Å². The van der Waals surface area contributed by atoms with Gasteiger partial charge < -0.3 is 15.7 Å². The van der Waals surface area contributed by atoms with Gasteiger partial charge in [-0.15, -0.1) is 0 Å². The van der Waals surface area contributed by atoms with Gasteiger partial charge in [0.1, 0.15) is 5.75 Å². The van der Waals surface area contributed by atoms with Crippen LogP contribution in [-0.4, -0.2) is 24.1 Å². The van der Waals surface area contributed by atoms with Crippen LogP contribution >= 0.6 is 0 Å². The highest BCUT2D eigenvalue weighted by Crippen LogP contribution is 2.10. The lowest BCUT2D eigenvalue weighted by Gasteiger charge is -2.05. The van der Waals surface area contributed by atoms with E-state index in [0.29, 0.717) is 6.54 Å². The fourth-order valence-corrected chi connectivity index (χ4v) is 1.38. The minimum Gasteiger partial charge on any atom is -0.508 e. The van der Waals surface area contributed by atoms with Crippen molar-refractivity contribution in [1.29, 1.82) is 0 Å². The second kappa shape index (κ2) is 6.85. The van der Waals surface area contributed by atoms with Crippen LogP contribution in [0.25, 0.3) is 0 Å². The second-order valence-electron chi connectivity index (χ2n) is 3.68. The minimum absolute atomic E-state index is 0.00739. The Labute approximate surface area is 95.7 Å². The van der Waals surface area contributed by atoms with E-state index in [4.69, 9.17) is 0 Å². The van der Waals surface area contributed by atoms with E-state index >= 15 is 0 Å². The lowest BCUT2D eigenvalue weighted by molar-refractivity contribution is -0.118. The van der Waals surface area contributed by atoms with Gasteiger partial charge in [0.05, 0.1) is 0 Å². The van der Waals surface area contributed by atoms with Gasteiger partial charge in [0.2, 0.25) is 5.91 Å². The summed E-state index contributed by atoms with van der Waals surface area (Å²) in [4.78, 5) is 10.6. The molecule has 0 saturated heterocycles. The number of nitrogens with one attached hydrogen (secondary N) is 2. The Balaban J connectivity index is 2.09. The predicted molar refractivity (Wildman–Crippen MR) is 63.1 cm³/mol. The fourth-order valence-electron chi connectivity index (χ4n) is 1.38. The predicted octanol–water partition coefficient (Wildman–Crippen LogP) is 1.01. The Morgan fingerprint density at radius 3 is 2.88 bits per heavy atom. The normalized spacial score (nSPS) is 10.1. The molecule has 0 radical (unpaired) electrons. The van der Waals surface area contributed by atoms with Gasteiger partial charge in [-0.25, -0.2) is 0 Å². The molecule has 4 nitrogen and oxygen atoms in total. The van der Waals surface area contributed by atoms with Crippen LogP contribution in [0.1, 0.15) is 18.9 Å². The molecule has 1 aromatic carbocycles. The van der Waals surface area contributed by atoms with Gasteiger partial charge in [-0.3, -0.25) is 4.79 Å². The summed E-state index contributed by atoms with van der Waals surface area (Å²) in [6.45, 7) is 3.78. The first-order chi connectivity index (χ1) is 7.68. The van der Waals surface area contributed by atoms with E-state index in [2.05, 4.69) is 10.6 Å². The number of phenols is 1. The Hall–Kier alpha value is -1.55. The number of aromatic hydroxyl groups is 1. The molecule has 4 heteroatoms. The van der Waals surface area contributed by atoms with Gasteiger partial charge in [-0.05, 0) is 30.7 Å². The zero-order valence-corrected chi connectivity index (χ0v) is 9.49. The molecule has 0 aliphatic rings. The number of hydrogen-bond donors (Lipinski definition) is 3. The molecule has 0 saturated carbocycles. The van der Waals surface area contributed by atoms with Crippen molar-refractivity contribution in [1.82, 2.24) is 10.6 Å². The molecule has 1 aromatic rings. The topological polar surface area (TPSA) is 61.4 Å². The van der Waals surface area contributed by atoms with Crippen LogP contribution in [0.5, 0.6) is 5.75 Å². The van der Waals surface area contributed by atoms with Crippen molar-refractivity contribution in [3.8, 4) is 5.75 Å². The Kier molecular flexibility index (Phi) is 5.36. The molecule has 3 N–H and O–H groups in total. The van der Waals surface area contributed by atoms with E-state index in [9.17, 15) is 9.90 Å². The molecule has 0 aliphatic heterocycles. The van der Waals surface area contributed by atoms with Gasteiger partial charge in [-0.2, -0.15) is 0 Å². The number of hydrogen-bond acceptors (Lipinski definition) is 3. The summed E-state index contributed by atoms with van der Waals surface area (Å²) in [6, 6.07) is 7.17. The molecule has 0 aliphatic carbocycles. The molecule has 0 atom stereocenters. The summed E-state index contributed by atoms with van der Waals surface area (Å²) >= 11 is 0. The number of carbonyl (C=O) groups is 1. The summed E-state index contributed by atoms with van der Waals surface area (Å²) < 4.78 is 0. The summed E-state index contributed by atoms with van der Waals surface area (Å²) in [5, 5.41) is 15.2. The average Bonchev–Trinajstić information content (AvgIpc) is 2.23. The molecule has 0 fully saturated rings. The molecule has 0 unspecified atom stereocenters. The van der Waals surface area contributed by atoms with E-state index in [1.807, 2.05) is 12.1 Å². The number of benzene rings is 1. The van der Waals surface area contributed by atoms with Gasteiger partial charge >= 0.3 is 0 Å². The zero-order valence-electron chi connectivity index (χ0n) is 9.49. The zero-order chi connectivity index (χ0) is 11.8. The van der Waals surface area contributed by atoms with E-state index in [1.54, 1.807) is 12.1 Å². The van der Waals surface area contributed by atoms with Crippen molar-refractivity contribution in [2.24, 2.45) is 0 Å². The SMILES string of the molecule is CC(=O)NCCCNCc1cccc(O)c1.